The zero-order valence-electron chi connectivity index (χ0n) is 9.96. The fourth-order valence-corrected chi connectivity index (χ4v) is 1.03. The summed E-state index contributed by atoms with van der Waals surface area (Å²) in [5, 5.41) is 4.16. The van der Waals surface area contributed by atoms with E-state index in [1.54, 1.807) is 4.52 Å². The first-order valence-electron chi connectivity index (χ1n) is 5.18. The molecule has 0 bridgehead atoms. The largest absolute Gasteiger partial charge is 0.442 e. The minimum atomic E-state index is 0.815. The summed E-state index contributed by atoms with van der Waals surface area (Å²) in [6.45, 7) is 11.8. The zero-order valence-corrected chi connectivity index (χ0v) is 9.96. The molecule has 0 aliphatic heterocycles. The van der Waals surface area contributed by atoms with E-state index in [1.807, 2.05) is 53.8 Å². The van der Waals surface area contributed by atoms with E-state index in [0.717, 1.165) is 17.2 Å². The number of fused-ring (bicyclic) bond motifs is 1. The van der Waals surface area contributed by atoms with Crippen LogP contribution in [0.4, 0.5) is 0 Å². The smallest absolute Gasteiger partial charge is 0.221 e. The topological polar surface area (TPSA) is 30.4 Å². The van der Waals surface area contributed by atoms with Crippen LogP contribution >= 0.6 is 0 Å². The third-order valence-electron chi connectivity index (χ3n) is 1.39. The summed E-state index contributed by atoms with van der Waals surface area (Å²) in [7, 11) is 0. The first-order valence-corrected chi connectivity index (χ1v) is 5.18. The lowest BCUT2D eigenvalue weighted by Gasteiger charge is -1.74. The Kier molecular flexibility index (Phi) is 5.68. The maximum Gasteiger partial charge on any atom is 0.221 e. The van der Waals surface area contributed by atoms with Crippen molar-refractivity contribution in [3.8, 4) is 0 Å². The van der Waals surface area contributed by atoms with Gasteiger partial charge in [0.25, 0.3) is 0 Å². The number of oxazole rings is 1. The van der Waals surface area contributed by atoms with Gasteiger partial charge in [-0.1, -0.05) is 27.7 Å². The fraction of sp³-hybridized carbons (Fsp3) is 0.545. The molecule has 2 aromatic rings. The number of aromatic nitrogens is 2. The Bertz CT molecular complexity index is 297. The number of hydrogen-bond donors (Lipinski definition) is 0. The highest BCUT2D eigenvalue weighted by atomic mass is 16.3. The molecule has 0 radical (unpaired) electrons. The second-order valence-electron chi connectivity index (χ2n) is 2.41. The predicted octanol–water partition coefficient (Wildman–Crippen LogP) is 3.60. The Morgan fingerprint density at radius 1 is 1.14 bits per heavy atom. The molecule has 2 heterocycles. The first-order chi connectivity index (χ1) is 6.75. The molecule has 3 heteroatoms. The van der Waals surface area contributed by atoms with Gasteiger partial charge in [0.2, 0.25) is 5.71 Å². The molecule has 0 fully saturated rings. The molecule has 14 heavy (non-hydrogen) atoms. The van der Waals surface area contributed by atoms with Crippen LogP contribution in [0.1, 0.15) is 39.1 Å². The summed E-state index contributed by atoms with van der Waals surface area (Å²) in [6, 6.07) is 1.91. The lowest BCUT2D eigenvalue weighted by Crippen LogP contribution is -1.79. The molecular formula is C11H20N2O. The first kappa shape index (κ1) is 12.8. The van der Waals surface area contributed by atoms with E-state index in [-0.39, 0.29) is 0 Å². The van der Waals surface area contributed by atoms with Crippen LogP contribution in [0.25, 0.3) is 5.71 Å². The minimum Gasteiger partial charge on any atom is -0.442 e. The van der Waals surface area contributed by atoms with E-state index in [0.29, 0.717) is 0 Å². The molecule has 0 aliphatic rings. The molecule has 0 amide bonds. The molecule has 0 atom stereocenters. The van der Waals surface area contributed by atoms with Gasteiger partial charge in [-0.05, 0) is 13.8 Å². The second-order valence-corrected chi connectivity index (χ2v) is 2.41. The van der Waals surface area contributed by atoms with Crippen molar-refractivity contribution >= 4 is 5.71 Å². The second kappa shape index (κ2) is 6.24. The standard InChI is InChI=1S/C7H8N2O.2C2H6/c1-5-3-7-9(8-5)4-6(2)10-7;2*1-2/h3-4H,1-2H3;2*1-2H3. The van der Waals surface area contributed by atoms with Crippen LogP contribution in [0, 0.1) is 13.8 Å². The lowest BCUT2D eigenvalue weighted by molar-refractivity contribution is 0.572. The Hall–Kier alpha value is -1.25. The SMILES string of the molecule is CC.CC.Cc1cc2oc(C)cn2n1. The Balaban J connectivity index is 0.000000379. The highest BCUT2D eigenvalue weighted by Gasteiger charge is 2.00. The third-order valence-corrected chi connectivity index (χ3v) is 1.39. The summed E-state index contributed by atoms with van der Waals surface area (Å²) in [6.07, 6.45) is 1.86. The van der Waals surface area contributed by atoms with E-state index in [9.17, 15) is 0 Å². The zero-order chi connectivity index (χ0) is 11.1. The molecule has 0 aromatic carbocycles. The van der Waals surface area contributed by atoms with Crippen molar-refractivity contribution in [2.45, 2.75) is 41.5 Å². The van der Waals surface area contributed by atoms with Gasteiger partial charge in [0, 0.05) is 6.07 Å². The van der Waals surface area contributed by atoms with Crippen LogP contribution in [-0.2, 0) is 0 Å². The van der Waals surface area contributed by atoms with E-state index >= 15 is 0 Å². The fourth-order valence-electron chi connectivity index (χ4n) is 1.03. The van der Waals surface area contributed by atoms with E-state index in [4.69, 9.17) is 4.42 Å². The molecule has 0 spiro atoms. The molecule has 0 aliphatic carbocycles. The van der Waals surface area contributed by atoms with Crippen molar-refractivity contribution in [1.29, 1.82) is 0 Å². The summed E-state index contributed by atoms with van der Waals surface area (Å²) < 4.78 is 7.03. The average molecular weight is 196 g/mol. The van der Waals surface area contributed by atoms with Gasteiger partial charge in [0.15, 0.2) is 0 Å². The molecule has 2 rings (SSSR count). The lowest BCUT2D eigenvalue weighted by atomic mass is 10.5. The summed E-state index contributed by atoms with van der Waals surface area (Å²) in [5.74, 6) is 0.891. The number of nitrogens with zero attached hydrogens (tertiary/aromatic N) is 2. The maximum atomic E-state index is 5.29. The summed E-state index contributed by atoms with van der Waals surface area (Å²) in [4.78, 5) is 0. The van der Waals surface area contributed by atoms with Crippen LogP contribution in [0.5, 0.6) is 0 Å². The Morgan fingerprint density at radius 3 is 2.21 bits per heavy atom. The van der Waals surface area contributed by atoms with Gasteiger partial charge < -0.3 is 4.42 Å². The highest BCUT2D eigenvalue weighted by Crippen LogP contribution is 2.09. The van der Waals surface area contributed by atoms with Crippen LogP contribution in [0.15, 0.2) is 16.7 Å². The predicted molar refractivity (Wildman–Crippen MR) is 59.6 cm³/mol. The molecule has 2 aromatic heterocycles. The van der Waals surface area contributed by atoms with E-state index in [2.05, 4.69) is 5.10 Å². The van der Waals surface area contributed by atoms with E-state index < -0.39 is 0 Å². The number of rotatable bonds is 0. The van der Waals surface area contributed by atoms with Crippen molar-refractivity contribution in [2.24, 2.45) is 0 Å². The third kappa shape index (κ3) is 2.91. The van der Waals surface area contributed by atoms with Gasteiger partial charge >= 0.3 is 0 Å². The maximum absolute atomic E-state index is 5.29. The van der Waals surface area contributed by atoms with Gasteiger partial charge in [-0.15, -0.1) is 0 Å². The Morgan fingerprint density at radius 2 is 1.71 bits per heavy atom. The highest BCUT2D eigenvalue weighted by molar-refractivity contribution is 5.35. The summed E-state index contributed by atoms with van der Waals surface area (Å²) >= 11 is 0. The average Bonchev–Trinajstić information content (AvgIpc) is 2.67. The van der Waals surface area contributed by atoms with Gasteiger partial charge in [-0.3, -0.25) is 0 Å². The monoisotopic (exact) mass is 196 g/mol. The van der Waals surface area contributed by atoms with Crippen molar-refractivity contribution in [3.63, 3.8) is 0 Å². The van der Waals surface area contributed by atoms with Gasteiger partial charge in [-0.2, -0.15) is 5.10 Å². The van der Waals surface area contributed by atoms with Gasteiger partial charge in [-0.25, -0.2) is 4.52 Å². The molecule has 0 unspecified atom stereocenters. The minimum absolute atomic E-state index is 0.815. The van der Waals surface area contributed by atoms with Crippen molar-refractivity contribution in [1.82, 2.24) is 9.61 Å². The molecule has 0 saturated carbocycles. The van der Waals surface area contributed by atoms with Crippen molar-refractivity contribution in [2.75, 3.05) is 0 Å². The summed E-state index contributed by atoms with van der Waals surface area (Å²) in [5.41, 5.74) is 1.80. The van der Waals surface area contributed by atoms with E-state index in [1.165, 1.54) is 0 Å². The quantitative estimate of drug-likeness (QED) is 0.644. The molecule has 0 N–H and O–H groups in total. The van der Waals surface area contributed by atoms with Crippen LogP contribution in [-0.4, -0.2) is 9.61 Å². The number of aryl methyl sites for hydroxylation is 2. The van der Waals surface area contributed by atoms with Crippen LogP contribution in [0.3, 0.4) is 0 Å². The van der Waals surface area contributed by atoms with Gasteiger partial charge in [0.1, 0.15) is 5.76 Å². The molecule has 3 nitrogen and oxygen atoms in total. The number of hydrogen-bond acceptors (Lipinski definition) is 2. The van der Waals surface area contributed by atoms with Gasteiger partial charge in [0.05, 0.1) is 11.9 Å². The molecule has 80 valence electrons. The van der Waals surface area contributed by atoms with Crippen LogP contribution in [0.2, 0.25) is 0 Å². The van der Waals surface area contributed by atoms with Crippen LogP contribution < -0.4 is 0 Å². The normalized spacial score (nSPS) is 8.71. The van der Waals surface area contributed by atoms with Crippen molar-refractivity contribution in [3.05, 3.63) is 23.7 Å². The molecule has 0 saturated heterocycles. The Labute approximate surface area is 85.7 Å². The van der Waals surface area contributed by atoms with Crippen molar-refractivity contribution < 1.29 is 4.42 Å². The molecular weight excluding hydrogens is 176 g/mol.